The molecule has 0 radical (unpaired) electrons. The number of aliphatic carboxylic acids is 1. The van der Waals surface area contributed by atoms with Crippen LogP contribution in [0.25, 0.3) is 0 Å². The van der Waals surface area contributed by atoms with E-state index in [0.29, 0.717) is 34.0 Å². The van der Waals surface area contributed by atoms with Gasteiger partial charge in [0.2, 0.25) is 0 Å². The standard InChI is InChI=1S/C14H20BrNO4/c1-8(2)7-16-13(14(17)18)9-5-11(19-3)12(20-4)6-10(9)15/h5-6,8,13,16H,7H2,1-4H3,(H,17,18). The number of carboxylic acid groups (broad SMARTS) is 1. The van der Waals surface area contributed by atoms with Crippen LogP contribution in [0.15, 0.2) is 16.6 Å². The van der Waals surface area contributed by atoms with Crippen LogP contribution in [0.1, 0.15) is 25.5 Å². The van der Waals surface area contributed by atoms with Gasteiger partial charge in [0.05, 0.1) is 14.2 Å². The Kier molecular flexibility index (Phi) is 6.29. The molecule has 0 heterocycles. The summed E-state index contributed by atoms with van der Waals surface area (Å²) in [4.78, 5) is 11.5. The minimum atomic E-state index is -0.932. The second-order valence-electron chi connectivity index (χ2n) is 4.80. The van der Waals surface area contributed by atoms with Crippen molar-refractivity contribution >= 4 is 21.9 Å². The fourth-order valence-corrected chi connectivity index (χ4v) is 2.33. The topological polar surface area (TPSA) is 67.8 Å². The summed E-state index contributed by atoms with van der Waals surface area (Å²) in [6, 6.07) is 2.59. The Morgan fingerprint density at radius 3 is 2.30 bits per heavy atom. The van der Waals surface area contributed by atoms with Crippen LogP contribution in [0.2, 0.25) is 0 Å². The second kappa shape index (κ2) is 7.50. The minimum Gasteiger partial charge on any atom is -0.493 e. The van der Waals surface area contributed by atoms with Gasteiger partial charge in [0, 0.05) is 4.47 Å². The van der Waals surface area contributed by atoms with Crippen LogP contribution in [-0.4, -0.2) is 31.8 Å². The molecule has 5 nitrogen and oxygen atoms in total. The largest absolute Gasteiger partial charge is 0.493 e. The number of benzene rings is 1. The van der Waals surface area contributed by atoms with Crippen molar-refractivity contribution in [2.24, 2.45) is 5.92 Å². The maximum atomic E-state index is 11.5. The lowest BCUT2D eigenvalue weighted by Crippen LogP contribution is -2.31. The molecule has 0 aliphatic heterocycles. The third-order valence-corrected chi connectivity index (χ3v) is 3.48. The summed E-state index contributed by atoms with van der Waals surface area (Å²) in [6.07, 6.45) is 0. The van der Waals surface area contributed by atoms with Gasteiger partial charge >= 0.3 is 5.97 Å². The Labute approximate surface area is 127 Å². The highest BCUT2D eigenvalue weighted by molar-refractivity contribution is 9.10. The van der Waals surface area contributed by atoms with E-state index in [1.54, 1.807) is 12.1 Å². The molecule has 1 rings (SSSR count). The van der Waals surface area contributed by atoms with Gasteiger partial charge in [-0.3, -0.25) is 4.79 Å². The molecule has 6 heteroatoms. The van der Waals surface area contributed by atoms with E-state index >= 15 is 0 Å². The number of carbonyl (C=O) groups is 1. The van der Waals surface area contributed by atoms with Crippen LogP contribution >= 0.6 is 15.9 Å². The highest BCUT2D eigenvalue weighted by Gasteiger charge is 2.24. The van der Waals surface area contributed by atoms with Gasteiger partial charge in [-0.25, -0.2) is 0 Å². The highest BCUT2D eigenvalue weighted by Crippen LogP contribution is 2.36. The van der Waals surface area contributed by atoms with E-state index in [1.165, 1.54) is 14.2 Å². The molecule has 112 valence electrons. The number of nitrogens with one attached hydrogen (secondary N) is 1. The zero-order valence-corrected chi connectivity index (χ0v) is 13.7. The Bertz CT molecular complexity index is 476. The average molecular weight is 346 g/mol. The van der Waals surface area contributed by atoms with Crippen molar-refractivity contribution in [2.75, 3.05) is 20.8 Å². The maximum Gasteiger partial charge on any atom is 0.325 e. The third kappa shape index (κ3) is 4.11. The van der Waals surface area contributed by atoms with Gasteiger partial charge < -0.3 is 19.9 Å². The van der Waals surface area contributed by atoms with Crippen LogP contribution < -0.4 is 14.8 Å². The number of carboxylic acids is 1. The van der Waals surface area contributed by atoms with Gasteiger partial charge in [-0.05, 0) is 30.2 Å². The van der Waals surface area contributed by atoms with Crippen molar-refractivity contribution in [3.05, 3.63) is 22.2 Å². The van der Waals surface area contributed by atoms with Crippen molar-refractivity contribution in [1.82, 2.24) is 5.32 Å². The number of ether oxygens (including phenoxy) is 2. The molecule has 0 spiro atoms. The molecule has 0 bridgehead atoms. The van der Waals surface area contributed by atoms with Crippen molar-refractivity contribution in [2.45, 2.75) is 19.9 Å². The highest BCUT2D eigenvalue weighted by atomic mass is 79.9. The number of hydrogen-bond acceptors (Lipinski definition) is 4. The first-order valence-electron chi connectivity index (χ1n) is 6.28. The molecule has 1 aromatic carbocycles. The van der Waals surface area contributed by atoms with E-state index in [0.717, 1.165) is 0 Å². The number of hydrogen-bond donors (Lipinski definition) is 2. The normalized spacial score (nSPS) is 12.3. The van der Waals surface area contributed by atoms with Crippen LogP contribution in [0.4, 0.5) is 0 Å². The van der Waals surface area contributed by atoms with E-state index in [2.05, 4.69) is 21.2 Å². The SMILES string of the molecule is COc1cc(Br)c(C(NCC(C)C)C(=O)O)cc1OC. The summed E-state index contributed by atoms with van der Waals surface area (Å²) in [5.41, 5.74) is 0.607. The molecule has 1 atom stereocenters. The fourth-order valence-electron chi connectivity index (χ4n) is 1.77. The summed E-state index contributed by atoms with van der Waals surface area (Å²) in [5, 5.41) is 12.4. The summed E-state index contributed by atoms with van der Waals surface area (Å²) in [7, 11) is 3.06. The quantitative estimate of drug-likeness (QED) is 0.795. The number of rotatable bonds is 7. The van der Waals surface area contributed by atoms with E-state index in [9.17, 15) is 9.90 Å². The first-order valence-corrected chi connectivity index (χ1v) is 7.07. The molecular weight excluding hydrogens is 326 g/mol. The molecule has 2 N–H and O–H groups in total. The predicted molar refractivity (Wildman–Crippen MR) is 80.5 cm³/mol. The minimum absolute atomic E-state index is 0.357. The molecule has 0 aliphatic rings. The van der Waals surface area contributed by atoms with Gasteiger partial charge in [0.25, 0.3) is 0 Å². The zero-order valence-electron chi connectivity index (χ0n) is 12.1. The Balaban J connectivity index is 3.16. The van der Waals surface area contributed by atoms with Gasteiger partial charge in [-0.2, -0.15) is 0 Å². The van der Waals surface area contributed by atoms with Crippen molar-refractivity contribution in [3.8, 4) is 11.5 Å². The molecule has 0 aromatic heterocycles. The molecule has 1 unspecified atom stereocenters. The lowest BCUT2D eigenvalue weighted by molar-refractivity contribution is -0.139. The smallest absolute Gasteiger partial charge is 0.325 e. The molecule has 0 saturated carbocycles. The van der Waals surface area contributed by atoms with Crippen molar-refractivity contribution in [3.63, 3.8) is 0 Å². The van der Waals surface area contributed by atoms with E-state index in [4.69, 9.17) is 9.47 Å². The van der Waals surface area contributed by atoms with Gasteiger partial charge in [-0.1, -0.05) is 29.8 Å². The fraction of sp³-hybridized carbons (Fsp3) is 0.500. The molecule has 20 heavy (non-hydrogen) atoms. The van der Waals surface area contributed by atoms with Gasteiger partial charge in [0.15, 0.2) is 11.5 Å². The van der Waals surface area contributed by atoms with E-state index in [-0.39, 0.29) is 0 Å². The Morgan fingerprint density at radius 1 is 1.30 bits per heavy atom. The number of halogens is 1. The molecule has 0 amide bonds. The summed E-state index contributed by atoms with van der Waals surface area (Å²) < 4.78 is 11.1. The zero-order chi connectivity index (χ0) is 15.3. The van der Waals surface area contributed by atoms with Crippen LogP contribution in [0.3, 0.4) is 0 Å². The van der Waals surface area contributed by atoms with Crippen LogP contribution in [-0.2, 0) is 4.79 Å². The summed E-state index contributed by atoms with van der Waals surface area (Å²) in [5.74, 6) is 0.480. The first kappa shape index (κ1) is 16.8. The summed E-state index contributed by atoms with van der Waals surface area (Å²) in [6.45, 7) is 4.66. The third-order valence-electron chi connectivity index (χ3n) is 2.79. The molecule has 0 saturated heterocycles. The predicted octanol–water partition coefficient (Wildman–Crippen LogP) is 2.84. The Hall–Kier alpha value is -1.27. The number of methoxy groups -OCH3 is 2. The van der Waals surface area contributed by atoms with E-state index in [1.807, 2.05) is 13.8 Å². The van der Waals surface area contributed by atoms with Crippen molar-refractivity contribution in [1.29, 1.82) is 0 Å². The monoisotopic (exact) mass is 345 g/mol. The lowest BCUT2D eigenvalue weighted by atomic mass is 10.1. The van der Waals surface area contributed by atoms with Crippen LogP contribution in [0, 0.1) is 5.92 Å². The van der Waals surface area contributed by atoms with E-state index < -0.39 is 12.0 Å². The van der Waals surface area contributed by atoms with Gasteiger partial charge in [0.1, 0.15) is 6.04 Å². The molecule has 1 aromatic rings. The molecular formula is C14H20BrNO4. The van der Waals surface area contributed by atoms with Gasteiger partial charge in [-0.15, -0.1) is 0 Å². The van der Waals surface area contributed by atoms with Crippen molar-refractivity contribution < 1.29 is 19.4 Å². The lowest BCUT2D eigenvalue weighted by Gasteiger charge is -2.19. The summed E-state index contributed by atoms with van der Waals surface area (Å²) >= 11 is 3.39. The van der Waals surface area contributed by atoms with Crippen LogP contribution in [0.5, 0.6) is 11.5 Å². The first-order chi connectivity index (χ1) is 9.40. The maximum absolute atomic E-state index is 11.5. The Morgan fingerprint density at radius 2 is 1.85 bits per heavy atom. The second-order valence-corrected chi connectivity index (χ2v) is 5.66. The average Bonchev–Trinajstić information content (AvgIpc) is 2.39. The molecule has 0 aliphatic carbocycles. The molecule has 0 fully saturated rings.